The Hall–Kier alpha value is -2.08. The van der Waals surface area contributed by atoms with Crippen LogP contribution in [-0.4, -0.2) is 39.2 Å². The maximum Gasteiger partial charge on any atom is 0.224 e. The fraction of sp³-hybridized carbons (Fsp3) is 0.529. The summed E-state index contributed by atoms with van der Waals surface area (Å²) in [6, 6.07) is 7.82. The third kappa shape index (κ3) is 8.21. The van der Waals surface area contributed by atoms with Gasteiger partial charge in [-0.1, -0.05) is 19.1 Å². The maximum absolute atomic E-state index is 11.5. The lowest BCUT2D eigenvalue weighted by molar-refractivity contribution is -0.116. The number of nitrogens with zero attached hydrogens (tertiary/aromatic N) is 1. The molecule has 0 heterocycles. The molecule has 1 amide bonds. The molecule has 128 valence electrons. The van der Waals surface area contributed by atoms with Gasteiger partial charge in [-0.25, -0.2) is 0 Å². The zero-order valence-electron chi connectivity index (χ0n) is 14.3. The number of methoxy groups -OCH3 is 1. The molecule has 0 aliphatic carbocycles. The van der Waals surface area contributed by atoms with Crippen LogP contribution in [0.4, 0.5) is 5.69 Å². The van der Waals surface area contributed by atoms with Gasteiger partial charge in [-0.2, -0.15) is 0 Å². The number of guanidine groups is 1. The number of nitrogens with one attached hydrogen (secondary N) is 3. The molecule has 0 atom stereocenters. The summed E-state index contributed by atoms with van der Waals surface area (Å²) in [5.41, 5.74) is 1.95. The summed E-state index contributed by atoms with van der Waals surface area (Å²) in [5, 5.41) is 9.36. The van der Waals surface area contributed by atoms with Gasteiger partial charge in [0, 0.05) is 46.0 Å². The molecule has 6 nitrogen and oxygen atoms in total. The number of carbonyl (C=O) groups excluding carboxylic acids is 1. The van der Waals surface area contributed by atoms with Crippen molar-refractivity contribution in [2.24, 2.45) is 4.99 Å². The van der Waals surface area contributed by atoms with Crippen molar-refractivity contribution in [1.29, 1.82) is 0 Å². The maximum atomic E-state index is 11.5. The predicted octanol–water partition coefficient (Wildman–Crippen LogP) is 2.13. The number of rotatable bonds is 9. The van der Waals surface area contributed by atoms with Crippen molar-refractivity contribution in [2.45, 2.75) is 32.7 Å². The molecule has 1 aromatic rings. The zero-order chi connectivity index (χ0) is 16.9. The van der Waals surface area contributed by atoms with E-state index in [1.54, 1.807) is 14.2 Å². The number of ether oxygens (including phenoxy) is 1. The first kappa shape index (κ1) is 19.0. The molecule has 0 bridgehead atoms. The highest BCUT2D eigenvalue weighted by Crippen LogP contribution is 2.10. The Labute approximate surface area is 138 Å². The molecule has 23 heavy (non-hydrogen) atoms. The molecule has 1 aromatic carbocycles. The van der Waals surface area contributed by atoms with Crippen LogP contribution >= 0.6 is 0 Å². The van der Waals surface area contributed by atoms with Crippen LogP contribution in [0.5, 0.6) is 0 Å². The minimum atomic E-state index is 0.0547. The summed E-state index contributed by atoms with van der Waals surface area (Å²) >= 11 is 0. The SMILES string of the molecule is CCCC(=O)Nc1ccc(CNC(=NC)NCCCOC)cc1. The Morgan fingerprint density at radius 2 is 1.96 bits per heavy atom. The molecule has 0 aromatic heterocycles. The monoisotopic (exact) mass is 320 g/mol. The van der Waals surface area contributed by atoms with Crippen LogP contribution in [0, 0.1) is 0 Å². The minimum Gasteiger partial charge on any atom is -0.385 e. The van der Waals surface area contributed by atoms with Crippen molar-refractivity contribution >= 4 is 17.6 Å². The quantitative estimate of drug-likeness (QED) is 0.370. The lowest BCUT2D eigenvalue weighted by atomic mass is 10.2. The third-order valence-corrected chi connectivity index (χ3v) is 3.22. The van der Waals surface area contributed by atoms with Gasteiger partial charge in [0.2, 0.25) is 5.91 Å². The van der Waals surface area contributed by atoms with Crippen LogP contribution in [0.3, 0.4) is 0 Å². The molecule has 0 spiro atoms. The van der Waals surface area contributed by atoms with E-state index in [0.717, 1.165) is 43.2 Å². The first-order chi connectivity index (χ1) is 11.2. The number of aliphatic imine (C=N–C) groups is 1. The van der Waals surface area contributed by atoms with E-state index < -0.39 is 0 Å². The molecule has 1 rings (SSSR count). The van der Waals surface area contributed by atoms with Crippen molar-refractivity contribution in [3.8, 4) is 0 Å². The van der Waals surface area contributed by atoms with Gasteiger partial charge in [0.25, 0.3) is 0 Å². The zero-order valence-corrected chi connectivity index (χ0v) is 14.3. The van der Waals surface area contributed by atoms with Crippen molar-refractivity contribution in [1.82, 2.24) is 10.6 Å². The van der Waals surface area contributed by atoms with Crippen LogP contribution in [0.1, 0.15) is 31.7 Å². The van der Waals surface area contributed by atoms with Crippen LogP contribution in [0.25, 0.3) is 0 Å². The van der Waals surface area contributed by atoms with Gasteiger partial charge < -0.3 is 20.7 Å². The molecular weight excluding hydrogens is 292 g/mol. The lowest BCUT2D eigenvalue weighted by Gasteiger charge is -2.12. The van der Waals surface area contributed by atoms with Crippen molar-refractivity contribution in [2.75, 3.05) is 32.6 Å². The molecule has 0 fully saturated rings. The number of hydrogen-bond acceptors (Lipinski definition) is 3. The lowest BCUT2D eigenvalue weighted by Crippen LogP contribution is -2.37. The largest absolute Gasteiger partial charge is 0.385 e. The first-order valence-corrected chi connectivity index (χ1v) is 8.01. The van der Waals surface area contributed by atoms with Crippen molar-refractivity contribution < 1.29 is 9.53 Å². The summed E-state index contributed by atoms with van der Waals surface area (Å²) in [6.45, 7) is 4.21. The molecule has 0 unspecified atom stereocenters. The smallest absolute Gasteiger partial charge is 0.224 e. The van der Waals surface area contributed by atoms with Gasteiger partial charge in [-0.3, -0.25) is 9.79 Å². The van der Waals surface area contributed by atoms with E-state index in [1.165, 1.54) is 0 Å². The van der Waals surface area contributed by atoms with Crippen LogP contribution in [-0.2, 0) is 16.1 Å². The summed E-state index contributed by atoms with van der Waals surface area (Å²) in [7, 11) is 3.44. The molecule has 6 heteroatoms. The number of benzene rings is 1. The van der Waals surface area contributed by atoms with Gasteiger partial charge >= 0.3 is 0 Å². The molecule has 0 saturated carbocycles. The summed E-state index contributed by atoms with van der Waals surface area (Å²) in [4.78, 5) is 15.7. The topological polar surface area (TPSA) is 74.8 Å². The number of anilines is 1. The van der Waals surface area contributed by atoms with Crippen molar-refractivity contribution in [3.63, 3.8) is 0 Å². The standard InChI is InChI=1S/C17H28N4O2/c1-4-6-16(22)21-15-9-7-14(8-10-15)13-20-17(18-2)19-11-5-12-23-3/h7-10H,4-6,11-13H2,1-3H3,(H,21,22)(H2,18,19,20). The third-order valence-electron chi connectivity index (χ3n) is 3.22. The second kappa shape index (κ2) is 11.5. The summed E-state index contributed by atoms with van der Waals surface area (Å²) in [5.74, 6) is 0.820. The van der Waals surface area contributed by atoms with E-state index in [4.69, 9.17) is 4.74 Å². The number of amides is 1. The fourth-order valence-electron chi connectivity index (χ4n) is 1.99. The van der Waals surface area contributed by atoms with E-state index in [0.29, 0.717) is 13.0 Å². The Morgan fingerprint density at radius 3 is 2.57 bits per heavy atom. The summed E-state index contributed by atoms with van der Waals surface area (Å²) < 4.78 is 5.01. The molecule has 3 N–H and O–H groups in total. The van der Waals surface area contributed by atoms with Gasteiger partial charge in [0.1, 0.15) is 0 Å². The number of hydrogen-bond donors (Lipinski definition) is 3. The molecule has 0 radical (unpaired) electrons. The molecule has 0 aliphatic rings. The Kier molecular flexibility index (Phi) is 9.47. The average molecular weight is 320 g/mol. The summed E-state index contributed by atoms with van der Waals surface area (Å²) in [6.07, 6.45) is 2.34. The predicted molar refractivity (Wildman–Crippen MR) is 94.7 cm³/mol. The Bertz CT molecular complexity index is 486. The molecular formula is C17H28N4O2. The average Bonchev–Trinajstić information content (AvgIpc) is 2.56. The highest BCUT2D eigenvalue weighted by molar-refractivity contribution is 5.90. The first-order valence-electron chi connectivity index (χ1n) is 8.01. The van der Waals surface area contributed by atoms with E-state index in [-0.39, 0.29) is 5.91 Å². The van der Waals surface area contributed by atoms with Gasteiger partial charge in [0.05, 0.1) is 0 Å². The fourth-order valence-corrected chi connectivity index (χ4v) is 1.99. The van der Waals surface area contributed by atoms with E-state index in [9.17, 15) is 4.79 Å². The second-order valence-electron chi connectivity index (χ2n) is 5.19. The van der Waals surface area contributed by atoms with Crippen LogP contribution < -0.4 is 16.0 Å². The molecule has 0 saturated heterocycles. The normalized spacial score (nSPS) is 11.2. The van der Waals surface area contributed by atoms with E-state index in [2.05, 4.69) is 20.9 Å². The Balaban J connectivity index is 2.37. The Morgan fingerprint density at radius 1 is 1.22 bits per heavy atom. The van der Waals surface area contributed by atoms with Gasteiger partial charge in [0.15, 0.2) is 5.96 Å². The second-order valence-corrected chi connectivity index (χ2v) is 5.19. The van der Waals surface area contributed by atoms with Gasteiger partial charge in [-0.15, -0.1) is 0 Å². The van der Waals surface area contributed by atoms with E-state index >= 15 is 0 Å². The van der Waals surface area contributed by atoms with Gasteiger partial charge in [-0.05, 0) is 30.5 Å². The highest BCUT2D eigenvalue weighted by atomic mass is 16.5. The van der Waals surface area contributed by atoms with E-state index in [1.807, 2.05) is 31.2 Å². The minimum absolute atomic E-state index is 0.0547. The highest BCUT2D eigenvalue weighted by Gasteiger charge is 2.01. The van der Waals surface area contributed by atoms with Crippen molar-refractivity contribution in [3.05, 3.63) is 29.8 Å². The van der Waals surface area contributed by atoms with Crippen LogP contribution in [0.15, 0.2) is 29.3 Å². The molecule has 0 aliphatic heterocycles. The number of carbonyl (C=O) groups is 1. The van der Waals surface area contributed by atoms with Crippen LogP contribution in [0.2, 0.25) is 0 Å².